The topological polar surface area (TPSA) is 17.3 Å². The monoisotopic (exact) mass is 218 g/mol. The first-order chi connectivity index (χ1) is 7.36. The van der Waals surface area contributed by atoms with Crippen molar-refractivity contribution in [1.82, 2.24) is 9.38 Å². The highest BCUT2D eigenvalue weighted by Crippen LogP contribution is 2.19. The molecule has 0 saturated heterocycles. The first-order valence-electron chi connectivity index (χ1n) is 5.17. The predicted octanol–water partition coefficient (Wildman–Crippen LogP) is 3.97. The summed E-state index contributed by atoms with van der Waals surface area (Å²) < 4.78 is 2.11. The normalized spacial score (nSPS) is 10.3. The van der Waals surface area contributed by atoms with Gasteiger partial charge in [-0.3, -0.25) is 4.40 Å². The van der Waals surface area contributed by atoms with Gasteiger partial charge in [0.1, 0.15) is 0 Å². The minimum Gasteiger partial charge on any atom is -0.290 e. The van der Waals surface area contributed by atoms with Gasteiger partial charge in [-0.2, -0.15) is 0 Å². The van der Waals surface area contributed by atoms with Crippen LogP contribution in [0.1, 0.15) is 20.3 Å². The van der Waals surface area contributed by atoms with Gasteiger partial charge in [0, 0.05) is 11.6 Å². The molecule has 0 fully saturated rings. The Morgan fingerprint density at radius 3 is 2.80 bits per heavy atom. The number of rotatable bonds is 0. The standard InChI is InChI=1S/C9H6N2S.C3H8/c1-2-4-8-7(3-1)10-9-11(8)5-6-12-9;1-3-2/h1-6H;3H2,1-2H3. The van der Waals surface area contributed by atoms with Crippen molar-refractivity contribution in [2.45, 2.75) is 20.3 Å². The maximum Gasteiger partial charge on any atom is 0.194 e. The van der Waals surface area contributed by atoms with Gasteiger partial charge in [-0.05, 0) is 12.1 Å². The van der Waals surface area contributed by atoms with Crippen molar-refractivity contribution in [3.63, 3.8) is 0 Å². The summed E-state index contributed by atoms with van der Waals surface area (Å²) in [4.78, 5) is 5.52. The second kappa shape index (κ2) is 4.45. The van der Waals surface area contributed by atoms with Crippen molar-refractivity contribution >= 4 is 27.3 Å². The van der Waals surface area contributed by atoms with Gasteiger partial charge in [0.05, 0.1) is 11.0 Å². The number of thiazole rings is 1. The van der Waals surface area contributed by atoms with E-state index in [1.165, 1.54) is 11.9 Å². The predicted molar refractivity (Wildman–Crippen MR) is 66.5 cm³/mol. The Bertz CT molecular complexity index is 550. The molecule has 78 valence electrons. The molecule has 3 aromatic rings. The van der Waals surface area contributed by atoms with E-state index in [9.17, 15) is 0 Å². The third kappa shape index (κ3) is 1.88. The smallest absolute Gasteiger partial charge is 0.194 e. The van der Waals surface area contributed by atoms with Gasteiger partial charge < -0.3 is 0 Å². The molecule has 15 heavy (non-hydrogen) atoms. The van der Waals surface area contributed by atoms with Crippen LogP contribution in [0.25, 0.3) is 16.0 Å². The molecule has 2 heterocycles. The van der Waals surface area contributed by atoms with Crippen LogP contribution in [0.4, 0.5) is 0 Å². The number of fused-ring (bicyclic) bond motifs is 3. The van der Waals surface area contributed by atoms with Crippen LogP contribution in [0.15, 0.2) is 35.8 Å². The Morgan fingerprint density at radius 2 is 2.00 bits per heavy atom. The quantitative estimate of drug-likeness (QED) is 0.558. The van der Waals surface area contributed by atoms with Crippen LogP contribution in [-0.2, 0) is 0 Å². The zero-order valence-electron chi connectivity index (χ0n) is 8.97. The highest BCUT2D eigenvalue weighted by molar-refractivity contribution is 7.15. The molecule has 0 aliphatic heterocycles. The fourth-order valence-corrected chi connectivity index (χ4v) is 2.13. The van der Waals surface area contributed by atoms with Gasteiger partial charge in [0.25, 0.3) is 0 Å². The van der Waals surface area contributed by atoms with E-state index in [2.05, 4.69) is 40.9 Å². The molecule has 0 spiro atoms. The van der Waals surface area contributed by atoms with E-state index in [-0.39, 0.29) is 0 Å². The van der Waals surface area contributed by atoms with Crippen molar-refractivity contribution in [3.8, 4) is 0 Å². The summed E-state index contributed by atoms with van der Waals surface area (Å²) >= 11 is 1.66. The SMILES string of the molecule is CCC.c1ccc2c(c1)nc1sccn12. The van der Waals surface area contributed by atoms with Crippen LogP contribution in [0.3, 0.4) is 0 Å². The second-order valence-corrected chi connectivity index (χ2v) is 4.24. The molecule has 0 aliphatic carbocycles. The third-order valence-corrected chi connectivity index (χ3v) is 2.70. The summed E-state index contributed by atoms with van der Waals surface area (Å²) in [6.07, 6.45) is 3.30. The van der Waals surface area contributed by atoms with E-state index in [1.807, 2.05) is 18.2 Å². The fourth-order valence-electron chi connectivity index (χ4n) is 1.40. The van der Waals surface area contributed by atoms with E-state index in [1.54, 1.807) is 11.3 Å². The number of imidazole rings is 1. The van der Waals surface area contributed by atoms with Crippen molar-refractivity contribution < 1.29 is 0 Å². The first kappa shape index (κ1) is 10.2. The summed E-state index contributed by atoms with van der Waals surface area (Å²) in [6.45, 7) is 4.25. The average molecular weight is 218 g/mol. The molecule has 3 heteroatoms. The average Bonchev–Trinajstić information content (AvgIpc) is 2.78. The highest BCUT2D eigenvalue weighted by Gasteiger charge is 2.02. The van der Waals surface area contributed by atoms with E-state index < -0.39 is 0 Å². The lowest BCUT2D eigenvalue weighted by atomic mass is 10.3. The van der Waals surface area contributed by atoms with Crippen molar-refractivity contribution in [2.75, 3.05) is 0 Å². The minimum absolute atomic E-state index is 1.07. The zero-order chi connectivity index (χ0) is 10.7. The van der Waals surface area contributed by atoms with Gasteiger partial charge in [0.2, 0.25) is 0 Å². The molecule has 0 aliphatic rings. The molecule has 1 aromatic carbocycles. The van der Waals surface area contributed by atoms with Gasteiger partial charge >= 0.3 is 0 Å². The molecule has 2 aromatic heterocycles. The summed E-state index contributed by atoms with van der Waals surface area (Å²) in [5, 5.41) is 2.05. The summed E-state index contributed by atoms with van der Waals surface area (Å²) in [5.74, 6) is 0. The number of benzene rings is 1. The van der Waals surface area contributed by atoms with Crippen molar-refractivity contribution in [2.24, 2.45) is 0 Å². The Morgan fingerprint density at radius 1 is 1.27 bits per heavy atom. The lowest BCUT2D eigenvalue weighted by Crippen LogP contribution is -1.73. The lowest BCUT2D eigenvalue weighted by Gasteiger charge is -1.86. The Labute approximate surface area is 93.2 Å². The number of nitrogens with zero attached hydrogens (tertiary/aromatic N) is 2. The number of para-hydroxylation sites is 2. The first-order valence-corrected chi connectivity index (χ1v) is 6.05. The number of hydrogen-bond acceptors (Lipinski definition) is 2. The summed E-state index contributed by atoms with van der Waals surface area (Å²) in [6, 6.07) is 8.17. The van der Waals surface area contributed by atoms with Gasteiger partial charge in [-0.25, -0.2) is 4.98 Å². The van der Waals surface area contributed by atoms with Crippen LogP contribution in [0.5, 0.6) is 0 Å². The minimum atomic E-state index is 1.07. The van der Waals surface area contributed by atoms with Crippen LogP contribution >= 0.6 is 11.3 Å². The molecule has 0 N–H and O–H groups in total. The van der Waals surface area contributed by atoms with E-state index >= 15 is 0 Å². The van der Waals surface area contributed by atoms with Gasteiger partial charge in [0.15, 0.2) is 4.96 Å². The van der Waals surface area contributed by atoms with Crippen molar-refractivity contribution in [3.05, 3.63) is 35.8 Å². The Kier molecular flexibility index (Phi) is 3.02. The zero-order valence-corrected chi connectivity index (χ0v) is 9.79. The van der Waals surface area contributed by atoms with Crippen LogP contribution < -0.4 is 0 Å². The van der Waals surface area contributed by atoms with Gasteiger partial charge in [-0.1, -0.05) is 32.4 Å². The van der Waals surface area contributed by atoms with Crippen LogP contribution in [0, 0.1) is 0 Å². The maximum absolute atomic E-state index is 4.46. The summed E-state index contributed by atoms with van der Waals surface area (Å²) in [7, 11) is 0. The van der Waals surface area contributed by atoms with E-state index in [0.717, 1.165) is 10.5 Å². The molecule has 0 unspecified atom stereocenters. The number of hydrogen-bond donors (Lipinski definition) is 0. The van der Waals surface area contributed by atoms with Crippen LogP contribution in [-0.4, -0.2) is 9.38 Å². The third-order valence-electron chi connectivity index (χ3n) is 1.95. The molecular formula is C12H14N2S. The summed E-state index contributed by atoms with van der Waals surface area (Å²) in [5.41, 5.74) is 2.26. The van der Waals surface area contributed by atoms with E-state index in [0.29, 0.717) is 0 Å². The Hall–Kier alpha value is -1.35. The molecule has 0 amide bonds. The lowest BCUT2D eigenvalue weighted by molar-refractivity contribution is 1.09. The largest absolute Gasteiger partial charge is 0.290 e. The van der Waals surface area contributed by atoms with Crippen LogP contribution in [0.2, 0.25) is 0 Å². The maximum atomic E-state index is 4.46. The molecular weight excluding hydrogens is 204 g/mol. The highest BCUT2D eigenvalue weighted by atomic mass is 32.1. The number of aromatic nitrogens is 2. The molecule has 0 saturated carbocycles. The molecule has 0 atom stereocenters. The molecule has 0 radical (unpaired) electrons. The molecule has 2 nitrogen and oxygen atoms in total. The molecule has 3 rings (SSSR count). The Balaban J connectivity index is 0.000000258. The van der Waals surface area contributed by atoms with Gasteiger partial charge in [-0.15, -0.1) is 11.3 Å². The van der Waals surface area contributed by atoms with E-state index in [4.69, 9.17) is 0 Å². The fraction of sp³-hybridized carbons (Fsp3) is 0.250. The van der Waals surface area contributed by atoms with Crippen molar-refractivity contribution in [1.29, 1.82) is 0 Å². The molecule has 0 bridgehead atoms. The second-order valence-electron chi connectivity index (χ2n) is 3.36.